The first-order valence-electron chi connectivity index (χ1n) is 8.75. The highest BCUT2D eigenvalue weighted by Gasteiger charge is 2.38. The summed E-state index contributed by atoms with van der Waals surface area (Å²) >= 11 is 0. The average molecular weight is 372 g/mol. The van der Waals surface area contributed by atoms with Gasteiger partial charge in [-0.25, -0.2) is 0 Å². The summed E-state index contributed by atoms with van der Waals surface area (Å²) in [6, 6.07) is 4.96. The van der Waals surface area contributed by atoms with Crippen LogP contribution in [0.15, 0.2) is 24.3 Å². The fraction of sp³-hybridized carbons (Fsp3) is 0.611. The molecule has 3 rings (SSSR count). The zero-order valence-electron chi connectivity index (χ0n) is 14.4. The molecule has 2 N–H and O–H groups in total. The fourth-order valence-electron chi connectivity index (χ4n) is 3.47. The minimum absolute atomic E-state index is 0.192. The van der Waals surface area contributed by atoms with Gasteiger partial charge in [0.05, 0.1) is 18.8 Å². The maximum atomic E-state index is 13.1. The third-order valence-electron chi connectivity index (χ3n) is 5.09. The van der Waals surface area contributed by atoms with E-state index in [1.165, 1.54) is 12.1 Å². The molecular weight excluding hydrogens is 349 g/mol. The third-order valence-corrected chi connectivity index (χ3v) is 5.09. The topological polar surface area (TPSA) is 59.6 Å². The molecule has 2 aliphatic rings. The maximum absolute atomic E-state index is 13.1. The number of hydrogen-bond donors (Lipinski definition) is 2. The van der Waals surface area contributed by atoms with E-state index in [0.29, 0.717) is 51.4 Å². The van der Waals surface area contributed by atoms with Gasteiger partial charge in [-0.3, -0.25) is 4.79 Å². The number of halogens is 3. The van der Waals surface area contributed by atoms with Crippen LogP contribution in [0.4, 0.5) is 13.2 Å². The molecule has 144 valence electrons. The molecule has 2 fully saturated rings. The number of amides is 1. The molecule has 2 saturated heterocycles. The van der Waals surface area contributed by atoms with Crippen LogP contribution in [0.5, 0.6) is 0 Å². The Morgan fingerprint density at radius 2 is 2.00 bits per heavy atom. The highest BCUT2D eigenvalue weighted by atomic mass is 19.4. The molecule has 0 saturated carbocycles. The van der Waals surface area contributed by atoms with Gasteiger partial charge in [0, 0.05) is 31.7 Å². The number of nitrogens with one attached hydrogen (secondary N) is 2. The summed E-state index contributed by atoms with van der Waals surface area (Å²) in [6.07, 6.45) is -3.28. The SMILES string of the molecule is O=C(NCC1(c2cccc(C(F)(F)F)c2)CCOCC1)C1COCCN1. The van der Waals surface area contributed by atoms with Gasteiger partial charge in [0.25, 0.3) is 0 Å². The molecule has 8 heteroatoms. The number of benzene rings is 1. The van der Waals surface area contributed by atoms with Gasteiger partial charge in [0.15, 0.2) is 0 Å². The molecule has 1 aromatic rings. The smallest absolute Gasteiger partial charge is 0.381 e. The van der Waals surface area contributed by atoms with E-state index in [4.69, 9.17) is 9.47 Å². The van der Waals surface area contributed by atoms with E-state index >= 15 is 0 Å². The van der Waals surface area contributed by atoms with Gasteiger partial charge in [0.1, 0.15) is 6.04 Å². The van der Waals surface area contributed by atoms with Crippen molar-refractivity contribution in [2.24, 2.45) is 0 Å². The van der Waals surface area contributed by atoms with Crippen LogP contribution < -0.4 is 10.6 Å². The van der Waals surface area contributed by atoms with Crippen molar-refractivity contribution in [3.8, 4) is 0 Å². The molecule has 0 aliphatic carbocycles. The summed E-state index contributed by atoms with van der Waals surface area (Å²) in [5, 5.41) is 5.98. The molecule has 0 radical (unpaired) electrons. The number of carbonyl (C=O) groups excluding carboxylic acids is 1. The Labute approximate surface area is 150 Å². The Morgan fingerprint density at radius 1 is 1.23 bits per heavy atom. The molecule has 1 amide bonds. The number of hydrogen-bond acceptors (Lipinski definition) is 4. The lowest BCUT2D eigenvalue weighted by atomic mass is 9.73. The minimum Gasteiger partial charge on any atom is -0.381 e. The first kappa shape index (κ1) is 19.1. The van der Waals surface area contributed by atoms with E-state index in [1.54, 1.807) is 6.07 Å². The second kappa shape index (κ2) is 7.94. The molecular formula is C18H23F3N2O3. The lowest BCUT2D eigenvalue weighted by molar-refractivity contribution is -0.137. The van der Waals surface area contributed by atoms with Crippen molar-refractivity contribution in [3.05, 3.63) is 35.4 Å². The Morgan fingerprint density at radius 3 is 2.65 bits per heavy atom. The number of carbonyl (C=O) groups is 1. The normalized spacial score (nSPS) is 23.4. The number of morpholine rings is 1. The molecule has 26 heavy (non-hydrogen) atoms. The predicted molar refractivity (Wildman–Crippen MR) is 88.8 cm³/mol. The molecule has 0 aromatic heterocycles. The Bertz CT molecular complexity index is 624. The van der Waals surface area contributed by atoms with E-state index in [-0.39, 0.29) is 12.5 Å². The lowest BCUT2D eigenvalue weighted by Gasteiger charge is -2.38. The fourth-order valence-corrected chi connectivity index (χ4v) is 3.47. The van der Waals surface area contributed by atoms with Crippen molar-refractivity contribution in [2.75, 3.05) is 39.5 Å². The Hall–Kier alpha value is -1.64. The predicted octanol–water partition coefficient (Wildman–Crippen LogP) is 1.86. The summed E-state index contributed by atoms with van der Waals surface area (Å²) in [7, 11) is 0. The van der Waals surface area contributed by atoms with Crippen LogP contribution in [0, 0.1) is 0 Å². The lowest BCUT2D eigenvalue weighted by Crippen LogP contribution is -2.54. The molecule has 2 heterocycles. The first-order chi connectivity index (χ1) is 12.4. The standard InChI is InChI=1S/C18H23F3N2O3/c19-18(20,21)14-3-1-2-13(10-14)17(4-7-25-8-5-17)12-23-16(24)15-11-26-9-6-22-15/h1-3,10,15,22H,4-9,11-12H2,(H,23,24). The Kier molecular flexibility index (Phi) is 5.84. The molecule has 1 aromatic carbocycles. The van der Waals surface area contributed by atoms with E-state index in [1.807, 2.05) is 0 Å². The number of alkyl halides is 3. The first-order valence-corrected chi connectivity index (χ1v) is 8.75. The Balaban J connectivity index is 1.77. The second-order valence-corrected chi connectivity index (χ2v) is 6.77. The van der Waals surface area contributed by atoms with Crippen molar-refractivity contribution in [2.45, 2.75) is 30.5 Å². The summed E-state index contributed by atoms with van der Waals surface area (Å²) < 4.78 is 50.0. The summed E-state index contributed by atoms with van der Waals surface area (Å²) in [5.74, 6) is -0.192. The van der Waals surface area contributed by atoms with Crippen LogP contribution in [-0.4, -0.2) is 51.5 Å². The molecule has 1 atom stereocenters. The van der Waals surface area contributed by atoms with Crippen LogP contribution in [0.3, 0.4) is 0 Å². The maximum Gasteiger partial charge on any atom is 0.416 e. The van der Waals surface area contributed by atoms with Gasteiger partial charge < -0.3 is 20.1 Å². The molecule has 1 unspecified atom stereocenters. The van der Waals surface area contributed by atoms with Crippen molar-refractivity contribution in [1.82, 2.24) is 10.6 Å². The number of ether oxygens (including phenoxy) is 2. The molecule has 5 nitrogen and oxygen atoms in total. The van der Waals surface area contributed by atoms with Crippen LogP contribution in [-0.2, 0) is 25.9 Å². The van der Waals surface area contributed by atoms with Gasteiger partial charge in [-0.05, 0) is 24.5 Å². The molecule has 0 bridgehead atoms. The summed E-state index contributed by atoms with van der Waals surface area (Å²) in [5.41, 5.74) is -0.650. The summed E-state index contributed by atoms with van der Waals surface area (Å²) in [6.45, 7) is 2.65. The van der Waals surface area contributed by atoms with Crippen LogP contribution >= 0.6 is 0 Å². The highest BCUT2D eigenvalue weighted by molar-refractivity contribution is 5.82. The van der Waals surface area contributed by atoms with Crippen LogP contribution in [0.2, 0.25) is 0 Å². The molecule has 0 spiro atoms. The zero-order valence-corrected chi connectivity index (χ0v) is 14.4. The van der Waals surface area contributed by atoms with E-state index in [0.717, 1.165) is 6.07 Å². The zero-order chi connectivity index (χ0) is 18.6. The van der Waals surface area contributed by atoms with E-state index < -0.39 is 23.2 Å². The minimum atomic E-state index is -4.39. The van der Waals surface area contributed by atoms with Crippen LogP contribution in [0.25, 0.3) is 0 Å². The molecule has 2 aliphatic heterocycles. The van der Waals surface area contributed by atoms with Crippen molar-refractivity contribution in [1.29, 1.82) is 0 Å². The van der Waals surface area contributed by atoms with Gasteiger partial charge >= 0.3 is 6.18 Å². The van der Waals surface area contributed by atoms with E-state index in [2.05, 4.69) is 10.6 Å². The highest BCUT2D eigenvalue weighted by Crippen LogP contribution is 2.37. The van der Waals surface area contributed by atoms with Gasteiger partial charge in [-0.2, -0.15) is 13.2 Å². The number of rotatable bonds is 4. The summed E-state index contributed by atoms with van der Waals surface area (Å²) in [4.78, 5) is 12.4. The third kappa shape index (κ3) is 4.36. The van der Waals surface area contributed by atoms with Crippen LogP contribution in [0.1, 0.15) is 24.0 Å². The van der Waals surface area contributed by atoms with Crippen molar-refractivity contribution in [3.63, 3.8) is 0 Å². The quantitative estimate of drug-likeness (QED) is 0.847. The monoisotopic (exact) mass is 372 g/mol. The van der Waals surface area contributed by atoms with Crippen molar-refractivity contribution < 1.29 is 27.4 Å². The largest absolute Gasteiger partial charge is 0.416 e. The second-order valence-electron chi connectivity index (χ2n) is 6.77. The average Bonchev–Trinajstić information content (AvgIpc) is 2.67. The van der Waals surface area contributed by atoms with E-state index in [9.17, 15) is 18.0 Å². The van der Waals surface area contributed by atoms with Gasteiger partial charge in [-0.1, -0.05) is 18.2 Å². The van der Waals surface area contributed by atoms with Gasteiger partial charge in [-0.15, -0.1) is 0 Å². The van der Waals surface area contributed by atoms with Crippen molar-refractivity contribution >= 4 is 5.91 Å². The van der Waals surface area contributed by atoms with Gasteiger partial charge in [0.2, 0.25) is 5.91 Å².